The molecule has 104 valence electrons. The molecule has 0 unspecified atom stereocenters. The normalized spacial score (nSPS) is 10.1. The Morgan fingerprint density at radius 1 is 1.10 bits per heavy atom. The number of nitrogens with one attached hydrogen (secondary N) is 2. The van der Waals surface area contributed by atoms with Gasteiger partial charge in [0.15, 0.2) is 0 Å². The number of tetrazole rings is 1. The Balaban J connectivity index is 1.75. The lowest BCUT2D eigenvalue weighted by Crippen LogP contribution is -2.14. The van der Waals surface area contributed by atoms with E-state index in [2.05, 4.69) is 30.9 Å². The van der Waals surface area contributed by atoms with Crippen LogP contribution in [0, 0.1) is 0 Å². The highest BCUT2D eigenvalue weighted by molar-refractivity contribution is 6.01. The largest absolute Gasteiger partial charge is 0.439 e. The topological polar surface area (TPSA) is 106 Å². The lowest BCUT2D eigenvalue weighted by molar-refractivity contribution is 0.102. The third-order valence-corrected chi connectivity index (χ3v) is 2.50. The Labute approximate surface area is 119 Å². The number of H-pyrrole nitrogens is 1. The highest BCUT2D eigenvalue weighted by atomic mass is 16.5. The third kappa shape index (κ3) is 3.18. The standard InChI is InChI=1S/C13H10N6O2/c20-12(15-13-16-18-19-17-13)10-7-4-8-11(14-10)21-9-5-2-1-3-6-9/h1-8H,(H2,15,16,17,18,19,20). The average Bonchev–Trinajstić information content (AvgIpc) is 3.01. The summed E-state index contributed by atoms with van der Waals surface area (Å²) in [6.07, 6.45) is 0. The van der Waals surface area contributed by atoms with Crippen LogP contribution in [0.4, 0.5) is 5.95 Å². The van der Waals surface area contributed by atoms with Gasteiger partial charge in [0.1, 0.15) is 11.4 Å². The monoisotopic (exact) mass is 282 g/mol. The van der Waals surface area contributed by atoms with Gasteiger partial charge in [-0.25, -0.2) is 10.1 Å². The molecule has 2 N–H and O–H groups in total. The summed E-state index contributed by atoms with van der Waals surface area (Å²) in [6, 6.07) is 14.1. The molecule has 8 heteroatoms. The number of para-hydroxylation sites is 1. The van der Waals surface area contributed by atoms with Gasteiger partial charge in [0.05, 0.1) is 0 Å². The summed E-state index contributed by atoms with van der Waals surface area (Å²) in [4.78, 5) is 16.1. The van der Waals surface area contributed by atoms with E-state index in [0.29, 0.717) is 11.6 Å². The molecule has 3 aromatic rings. The molecule has 2 heterocycles. The zero-order valence-corrected chi connectivity index (χ0v) is 10.7. The fraction of sp³-hybridized carbons (Fsp3) is 0. The van der Waals surface area contributed by atoms with Crippen LogP contribution in [0.15, 0.2) is 48.5 Å². The molecule has 0 bridgehead atoms. The number of anilines is 1. The minimum absolute atomic E-state index is 0.149. The first-order valence-corrected chi connectivity index (χ1v) is 6.06. The van der Waals surface area contributed by atoms with Crippen LogP contribution in [-0.4, -0.2) is 31.5 Å². The van der Waals surface area contributed by atoms with Gasteiger partial charge in [0, 0.05) is 6.07 Å². The summed E-state index contributed by atoms with van der Waals surface area (Å²) in [5.41, 5.74) is 0.194. The van der Waals surface area contributed by atoms with E-state index >= 15 is 0 Å². The highest BCUT2D eigenvalue weighted by Crippen LogP contribution is 2.18. The number of hydrogen-bond acceptors (Lipinski definition) is 6. The first-order chi connectivity index (χ1) is 10.3. The molecule has 3 rings (SSSR count). The van der Waals surface area contributed by atoms with Gasteiger partial charge in [-0.15, -0.1) is 0 Å². The molecule has 0 aliphatic rings. The van der Waals surface area contributed by atoms with Crippen molar-refractivity contribution >= 4 is 11.9 Å². The molecule has 1 aromatic carbocycles. The van der Waals surface area contributed by atoms with Crippen LogP contribution in [0.1, 0.15) is 10.5 Å². The average molecular weight is 282 g/mol. The van der Waals surface area contributed by atoms with E-state index in [1.54, 1.807) is 30.3 Å². The first kappa shape index (κ1) is 12.7. The zero-order valence-electron chi connectivity index (χ0n) is 10.7. The Morgan fingerprint density at radius 2 is 1.95 bits per heavy atom. The van der Waals surface area contributed by atoms with Crippen LogP contribution in [0.3, 0.4) is 0 Å². The van der Waals surface area contributed by atoms with Gasteiger partial charge >= 0.3 is 0 Å². The molecule has 0 aliphatic carbocycles. The van der Waals surface area contributed by atoms with Crippen molar-refractivity contribution in [2.24, 2.45) is 0 Å². The van der Waals surface area contributed by atoms with E-state index in [9.17, 15) is 4.79 Å². The molecule has 0 radical (unpaired) electrons. The SMILES string of the molecule is O=C(Nc1nnn[nH]1)c1cccc(Oc2ccccc2)n1. The van der Waals surface area contributed by atoms with Crippen molar-refractivity contribution < 1.29 is 9.53 Å². The maximum atomic E-state index is 12.0. The highest BCUT2D eigenvalue weighted by Gasteiger charge is 2.11. The lowest BCUT2D eigenvalue weighted by Gasteiger charge is -2.06. The van der Waals surface area contributed by atoms with Crippen LogP contribution in [-0.2, 0) is 0 Å². The van der Waals surface area contributed by atoms with Gasteiger partial charge in [-0.2, -0.15) is 0 Å². The van der Waals surface area contributed by atoms with Crippen LogP contribution in [0.2, 0.25) is 0 Å². The molecular formula is C13H10N6O2. The maximum Gasteiger partial charge on any atom is 0.276 e. The number of hydrogen-bond donors (Lipinski definition) is 2. The Hall–Kier alpha value is -3.29. The number of pyridine rings is 1. The van der Waals surface area contributed by atoms with Crippen molar-refractivity contribution in [1.29, 1.82) is 0 Å². The van der Waals surface area contributed by atoms with Crippen LogP contribution < -0.4 is 10.1 Å². The fourth-order valence-electron chi connectivity index (χ4n) is 1.59. The third-order valence-electron chi connectivity index (χ3n) is 2.50. The number of aromatic nitrogens is 5. The minimum atomic E-state index is -0.438. The number of amides is 1. The molecule has 0 atom stereocenters. The molecule has 2 aromatic heterocycles. The minimum Gasteiger partial charge on any atom is -0.439 e. The zero-order chi connectivity index (χ0) is 14.5. The summed E-state index contributed by atoms with van der Waals surface area (Å²) < 4.78 is 5.57. The Morgan fingerprint density at radius 3 is 2.71 bits per heavy atom. The molecule has 0 saturated carbocycles. The maximum absolute atomic E-state index is 12.0. The van der Waals surface area contributed by atoms with Gasteiger partial charge < -0.3 is 4.74 Å². The molecule has 21 heavy (non-hydrogen) atoms. The molecule has 0 spiro atoms. The van der Waals surface area contributed by atoms with E-state index in [0.717, 1.165) is 0 Å². The first-order valence-electron chi connectivity index (χ1n) is 6.06. The molecule has 0 aliphatic heterocycles. The van der Waals surface area contributed by atoms with E-state index in [1.807, 2.05) is 18.2 Å². The Kier molecular flexibility index (Phi) is 3.50. The summed E-state index contributed by atoms with van der Waals surface area (Å²) in [7, 11) is 0. The predicted molar refractivity (Wildman–Crippen MR) is 72.9 cm³/mol. The van der Waals surface area contributed by atoms with Crippen LogP contribution in [0.25, 0.3) is 0 Å². The lowest BCUT2D eigenvalue weighted by atomic mass is 10.3. The van der Waals surface area contributed by atoms with E-state index in [4.69, 9.17) is 4.74 Å². The summed E-state index contributed by atoms with van der Waals surface area (Å²) in [5, 5.41) is 15.2. The van der Waals surface area contributed by atoms with Crippen molar-refractivity contribution in [2.75, 3.05) is 5.32 Å². The van der Waals surface area contributed by atoms with Crippen LogP contribution in [0.5, 0.6) is 11.6 Å². The second-order valence-corrected chi connectivity index (χ2v) is 3.98. The van der Waals surface area contributed by atoms with E-state index < -0.39 is 5.91 Å². The van der Waals surface area contributed by atoms with Crippen molar-refractivity contribution in [3.8, 4) is 11.6 Å². The van der Waals surface area contributed by atoms with Crippen molar-refractivity contribution in [1.82, 2.24) is 25.6 Å². The quantitative estimate of drug-likeness (QED) is 0.753. The van der Waals surface area contributed by atoms with Crippen LogP contribution >= 0.6 is 0 Å². The molecule has 8 nitrogen and oxygen atoms in total. The Bertz CT molecular complexity index is 729. The van der Waals surface area contributed by atoms with Gasteiger partial charge in [0.2, 0.25) is 11.8 Å². The molecule has 0 saturated heterocycles. The number of carbonyl (C=O) groups excluding carboxylic acids is 1. The summed E-state index contributed by atoms with van der Waals surface area (Å²) in [5.74, 6) is 0.676. The number of aromatic amines is 1. The summed E-state index contributed by atoms with van der Waals surface area (Å²) in [6.45, 7) is 0. The number of carbonyl (C=O) groups is 1. The number of nitrogens with zero attached hydrogens (tertiary/aromatic N) is 4. The predicted octanol–water partition coefficient (Wildman–Crippen LogP) is 1.64. The smallest absolute Gasteiger partial charge is 0.276 e. The number of benzene rings is 1. The van der Waals surface area contributed by atoms with Gasteiger partial charge in [-0.1, -0.05) is 29.4 Å². The van der Waals surface area contributed by atoms with Crippen molar-refractivity contribution in [3.63, 3.8) is 0 Å². The fourth-order valence-corrected chi connectivity index (χ4v) is 1.59. The van der Waals surface area contributed by atoms with Gasteiger partial charge in [0.25, 0.3) is 5.91 Å². The molecule has 0 fully saturated rings. The van der Waals surface area contributed by atoms with Crippen molar-refractivity contribution in [3.05, 3.63) is 54.2 Å². The summed E-state index contributed by atoms with van der Waals surface area (Å²) >= 11 is 0. The van der Waals surface area contributed by atoms with E-state index in [1.165, 1.54) is 0 Å². The van der Waals surface area contributed by atoms with E-state index in [-0.39, 0.29) is 11.6 Å². The van der Waals surface area contributed by atoms with Crippen molar-refractivity contribution in [2.45, 2.75) is 0 Å². The second kappa shape index (κ2) is 5.78. The number of ether oxygens (including phenoxy) is 1. The second-order valence-electron chi connectivity index (χ2n) is 3.98. The van der Waals surface area contributed by atoms with Gasteiger partial charge in [-0.05, 0) is 28.6 Å². The van der Waals surface area contributed by atoms with Gasteiger partial charge in [-0.3, -0.25) is 10.1 Å². The number of rotatable bonds is 4. The molecular weight excluding hydrogens is 272 g/mol. The molecule has 1 amide bonds.